The third-order valence-electron chi connectivity index (χ3n) is 12.6. The molecule has 68 heavy (non-hydrogen) atoms. The van der Waals surface area contributed by atoms with E-state index in [1.807, 2.05) is 72.8 Å². The van der Waals surface area contributed by atoms with E-state index in [0.717, 1.165) is 93.1 Å². The second-order valence-electron chi connectivity index (χ2n) is 17.3. The number of sulfone groups is 2. The van der Waals surface area contributed by atoms with Crippen molar-refractivity contribution in [3.8, 4) is 11.5 Å². The molecular formula is C54H54N6O6S2. The van der Waals surface area contributed by atoms with Crippen molar-refractivity contribution in [2.75, 3.05) is 48.0 Å². The fraction of sp³-hybridized carbons (Fsp3) is 0.222. The molecule has 348 valence electrons. The van der Waals surface area contributed by atoms with Crippen LogP contribution in [0.1, 0.15) is 58.3 Å². The van der Waals surface area contributed by atoms with Gasteiger partial charge in [-0.25, -0.2) is 26.8 Å². The van der Waals surface area contributed by atoms with Gasteiger partial charge in [0.25, 0.3) is 0 Å². The summed E-state index contributed by atoms with van der Waals surface area (Å²) < 4.78 is 58.2. The molecule has 2 atom stereocenters. The highest BCUT2D eigenvalue weighted by Gasteiger charge is 2.25. The van der Waals surface area contributed by atoms with Gasteiger partial charge >= 0.3 is 0 Å². The van der Waals surface area contributed by atoms with Gasteiger partial charge in [-0.3, -0.25) is 0 Å². The van der Waals surface area contributed by atoms with E-state index in [2.05, 4.69) is 57.7 Å². The second kappa shape index (κ2) is 19.6. The molecule has 10 rings (SSSR count). The Hall–Kier alpha value is -7.16. The van der Waals surface area contributed by atoms with E-state index in [1.54, 1.807) is 50.6 Å². The monoisotopic (exact) mass is 946 g/mol. The molecule has 2 unspecified atom stereocenters. The summed E-state index contributed by atoms with van der Waals surface area (Å²) in [5, 5.41) is 16.1. The number of nitrogens with one attached hydrogen (secondary N) is 4. The Balaban J connectivity index is 0.000000170. The van der Waals surface area contributed by atoms with Gasteiger partial charge < -0.3 is 30.7 Å². The number of hydrogen-bond acceptors (Lipinski definition) is 12. The highest BCUT2D eigenvalue weighted by Crippen LogP contribution is 2.38. The molecule has 0 amide bonds. The Morgan fingerprint density at radius 3 is 1.35 bits per heavy atom. The average Bonchev–Trinajstić information content (AvgIpc) is 3.94. The number of hydrogen-bond donors (Lipinski definition) is 4. The van der Waals surface area contributed by atoms with Crippen LogP contribution < -0.4 is 30.7 Å². The third-order valence-corrected chi connectivity index (χ3v) is 14.8. The van der Waals surface area contributed by atoms with Crippen molar-refractivity contribution in [3.05, 3.63) is 179 Å². The number of pyridine rings is 2. The minimum absolute atomic E-state index is 0.207. The van der Waals surface area contributed by atoms with Crippen LogP contribution in [0.5, 0.6) is 11.5 Å². The van der Waals surface area contributed by atoms with E-state index in [9.17, 15) is 16.8 Å². The lowest BCUT2D eigenvalue weighted by Crippen LogP contribution is -2.08. The predicted molar refractivity (Wildman–Crippen MR) is 273 cm³/mol. The van der Waals surface area contributed by atoms with Gasteiger partial charge in [0.2, 0.25) is 0 Å². The number of fused-ring (bicyclic) bond motifs is 4. The van der Waals surface area contributed by atoms with Gasteiger partial charge in [-0.2, -0.15) is 0 Å². The smallest absolute Gasteiger partial charge is 0.175 e. The summed E-state index contributed by atoms with van der Waals surface area (Å²) in [7, 11) is -3.08. The Morgan fingerprint density at radius 2 is 0.941 bits per heavy atom. The normalized spacial score (nSPS) is 15.2. The first kappa shape index (κ1) is 46.0. The average molecular weight is 947 g/mol. The van der Waals surface area contributed by atoms with Crippen LogP contribution in [0.4, 0.5) is 23.0 Å². The van der Waals surface area contributed by atoms with Crippen molar-refractivity contribution in [1.82, 2.24) is 9.97 Å². The summed E-state index contributed by atoms with van der Waals surface area (Å²) in [4.78, 5) is 10.4. The SMILES string of the molecule is COc1ccc2c(c1)C(Nc1ccc3c(NCc4cccc(S(C)(=O)=O)c4)cccc3n1)CC2.COc1ccc2c(c1)C(Nc1ccc3c(NCc4cccc(S(C)(=O)=O)c4)cccc3n1)CC2. The fourth-order valence-electron chi connectivity index (χ4n) is 9.02. The van der Waals surface area contributed by atoms with Crippen LogP contribution in [0.3, 0.4) is 0 Å². The zero-order chi connectivity index (χ0) is 47.4. The number of benzene rings is 6. The molecular weight excluding hydrogens is 893 g/mol. The lowest BCUT2D eigenvalue weighted by Gasteiger charge is -2.16. The van der Waals surface area contributed by atoms with Crippen LogP contribution in [-0.2, 0) is 45.6 Å². The van der Waals surface area contributed by atoms with Gasteiger partial charge in [0.1, 0.15) is 23.1 Å². The van der Waals surface area contributed by atoms with Gasteiger partial charge in [-0.15, -0.1) is 0 Å². The summed E-state index contributed by atoms with van der Waals surface area (Å²) >= 11 is 0. The van der Waals surface area contributed by atoms with E-state index < -0.39 is 19.7 Å². The number of aromatic nitrogens is 2. The Bertz CT molecular complexity index is 3160. The lowest BCUT2D eigenvalue weighted by molar-refractivity contribution is 0.414. The number of rotatable bonds is 14. The maximum absolute atomic E-state index is 11.8. The van der Waals surface area contributed by atoms with Gasteiger partial charge in [-0.1, -0.05) is 48.5 Å². The molecule has 4 N–H and O–H groups in total. The number of methoxy groups -OCH3 is 2. The van der Waals surface area contributed by atoms with Crippen LogP contribution in [0.25, 0.3) is 21.8 Å². The largest absolute Gasteiger partial charge is 0.497 e. The van der Waals surface area contributed by atoms with Crippen molar-refractivity contribution in [2.24, 2.45) is 0 Å². The molecule has 0 fully saturated rings. The van der Waals surface area contributed by atoms with Crippen LogP contribution in [-0.4, -0.2) is 53.5 Å². The molecule has 12 nitrogen and oxygen atoms in total. The first-order valence-corrected chi connectivity index (χ1v) is 26.3. The van der Waals surface area contributed by atoms with E-state index >= 15 is 0 Å². The fourth-order valence-corrected chi connectivity index (χ4v) is 10.4. The lowest BCUT2D eigenvalue weighted by atomic mass is 10.1. The molecule has 0 spiro atoms. The minimum Gasteiger partial charge on any atom is -0.497 e. The quantitative estimate of drug-likeness (QED) is 0.0818. The Kier molecular flexibility index (Phi) is 13.2. The summed E-state index contributed by atoms with van der Waals surface area (Å²) in [6.07, 6.45) is 6.58. The summed E-state index contributed by atoms with van der Waals surface area (Å²) in [6, 6.07) is 47.1. The standard InChI is InChI=1S/2C27H27N3O3S/c2*1-33-20-11-9-19-10-13-26(23(19)16-20)30-27-14-12-22-24(7-4-8-25(22)29-27)28-17-18-5-3-6-21(15-18)34(2,31)32/h2*3-9,11-12,14-16,26,28H,10,13,17H2,1-2H3,(H,29,30). The molecule has 2 heterocycles. The van der Waals surface area contributed by atoms with Crippen LogP contribution in [0.2, 0.25) is 0 Å². The first-order chi connectivity index (χ1) is 32.8. The molecule has 0 saturated heterocycles. The maximum atomic E-state index is 11.8. The van der Waals surface area contributed by atoms with E-state index in [4.69, 9.17) is 19.4 Å². The van der Waals surface area contributed by atoms with Crippen molar-refractivity contribution < 1.29 is 26.3 Å². The van der Waals surface area contributed by atoms with Crippen LogP contribution in [0, 0.1) is 0 Å². The van der Waals surface area contributed by atoms with Crippen molar-refractivity contribution >= 4 is 64.5 Å². The summed E-state index contributed by atoms with van der Waals surface area (Å²) in [5.41, 5.74) is 10.8. The molecule has 8 aromatic rings. The minimum atomic E-state index is -3.23. The molecule has 0 saturated carbocycles. The first-order valence-electron chi connectivity index (χ1n) is 22.5. The maximum Gasteiger partial charge on any atom is 0.175 e. The molecule has 2 aliphatic rings. The number of aryl methyl sites for hydroxylation is 2. The zero-order valence-corrected chi connectivity index (χ0v) is 40.0. The molecule has 0 radical (unpaired) electrons. The van der Waals surface area contributed by atoms with Gasteiger partial charge in [0, 0.05) is 47.7 Å². The highest BCUT2D eigenvalue weighted by molar-refractivity contribution is 7.91. The van der Waals surface area contributed by atoms with Crippen molar-refractivity contribution in [2.45, 2.75) is 60.6 Å². The van der Waals surface area contributed by atoms with E-state index in [0.29, 0.717) is 22.9 Å². The van der Waals surface area contributed by atoms with Gasteiger partial charge in [0.05, 0.1) is 47.1 Å². The topological polar surface area (TPSA) is 161 Å². The number of ether oxygens (including phenoxy) is 2. The number of nitrogens with zero attached hydrogens (tertiary/aromatic N) is 2. The Labute approximate surface area is 398 Å². The van der Waals surface area contributed by atoms with Crippen LogP contribution >= 0.6 is 0 Å². The van der Waals surface area contributed by atoms with Crippen molar-refractivity contribution in [1.29, 1.82) is 0 Å². The molecule has 6 aromatic carbocycles. The van der Waals surface area contributed by atoms with E-state index in [1.165, 1.54) is 34.8 Å². The third kappa shape index (κ3) is 10.5. The highest BCUT2D eigenvalue weighted by atomic mass is 32.2. The second-order valence-corrected chi connectivity index (χ2v) is 21.3. The molecule has 0 bridgehead atoms. The van der Waals surface area contributed by atoms with Gasteiger partial charge in [0.15, 0.2) is 19.7 Å². The van der Waals surface area contributed by atoms with Crippen LogP contribution in [0.15, 0.2) is 155 Å². The van der Waals surface area contributed by atoms with Gasteiger partial charge in [-0.05, 0) is 156 Å². The predicted octanol–water partition coefficient (Wildman–Crippen LogP) is 10.7. The molecule has 2 aromatic heterocycles. The van der Waals surface area contributed by atoms with Crippen molar-refractivity contribution in [3.63, 3.8) is 0 Å². The van der Waals surface area contributed by atoms with E-state index in [-0.39, 0.29) is 12.1 Å². The summed E-state index contributed by atoms with van der Waals surface area (Å²) in [5.74, 6) is 3.42. The Morgan fingerprint density at radius 1 is 0.515 bits per heavy atom. The number of anilines is 4. The zero-order valence-electron chi connectivity index (χ0n) is 38.4. The molecule has 14 heteroatoms. The molecule has 2 aliphatic carbocycles. The summed E-state index contributed by atoms with van der Waals surface area (Å²) in [6.45, 7) is 1.03. The molecule has 0 aliphatic heterocycles.